The third-order valence-corrected chi connectivity index (χ3v) is 3.46. The second kappa shape index (κ2) is 5.17. The molecule has 2 aliphatic rings. The smallest absolute Gasteiger partial charge is 0.220 e. The zero-order chi connectivity index (χ0) is 10.1. The van der Waals surface area contributed by atoms with Crippen molar-refractivity contribution in [2.24, 2.45) is 17.6 Å². The highest BCUT2D eigenvalue weighted by Crippen LogP contribution is 2.32. The predicted octanol–water partition coefficient (Wildman–Crippen LogP) is 1.45. The lowest BCUT2D eigenvalue weighted by Gasteiger charge is -2.09. The Labute approximate surface area is 97.6 Å². The minimum Gasteiger partial charge on any atom is -0.352 e. The first kappa shape index (κ1) is 12.8. The van der Waals surface area contributed by atoms with E-state index in [0.29, 0.717) is 12.3 Å². The second-order valence-electron chi connectivity index (χ2n) is 5.06. The van der Waals surface area contributed by atoms with Crippen LogP contribution >= 0.6 is 12.4 Å². The van der Waals surface area contributed by atoms with Crippen molar-refractivity contribution in [1.29, 1.82) is 0 Å². The van der Waals surface area contributed by atoms with Crippen LogP contribution in [0, 0.1) is 11.8 Å². The Bertz CT molecular complexity index is 235. The second-order valence-corrected chi connectivity index (χ2v) is 5.06. The molecule has 3 nitrogen and oxygen atoms in total. The molecule has 0 aromatic carbocycles. The van der Waals surface area contributed by atoms with Crippen molar-refractivity contribution in [3.8, 4) is 0 Å². The van der Waals surface area contributed by atoms with E-state index in [1.807, 2.05) is 0 Å². The minimum atomic E-state index is 0. The highest BCUT2D eigenvalue weighted by atomic mass is 35.5. The van der Waals surface area contributed by atoms with Crippen molar-refractivity contribution in [3.63, 3.8) is 0 Å². The average Bonchev–Trinajstić information content (AvgIpc) is 2.59. The Morgan fingerprint density at radius 1 is 1.40 bits per heavy atom. The Morgan fingerprint density at radius 2 is 2.07 bits per heavy atom. The number of carbonyl (C=O) groups excluding carboxylic acids is 1. The molecule has 0 heterocycles. The molecule has 0 bridgehead atoms. The fourth-order valence-corrected chi connectivity index (χ4v) is 2.42. The van der Waals surface area contributed by atoms with Crippen molar-refractivity contribution in [3.05, 3.63) is 0 Å². The Balaban J connectivity index is 0.00000112. The summed E-state index contributed by atoms with van der Waals surface area (Å²) in [7, 11) is 0. The minimum absolute atomic E-state index is 0. The van der Waals surface area contributed by atoms with Gasteiger partial charge >= 0.3 is 0 Å². The zero-order valence-electron chi connectivity index (χ0n) is 9.24. The first-order chi connectivity index (χ1) is 6.65. The normalized spacial score (nSPS) is 38.3. The van der Waals surface area contributed by atoms with Gasteiger partial charge in [0.05, 0.1) is 0 Å². The van der Waals surface area contributed by atoms with E-state index in [1.54, 1.807) is 0 Å². The topological polar surface area (TPSA) is 55.1 Å². The molecule has 0 aliphatic heterocycles. The van der Waals surface area contributed by atoms with E-state index >= 15 is 0 Å². The van der Waals surface area contributed by atoms with Crippen molar-refractivity contribution in [1.82, 2.24) is 5.32 Å². The van der Waals surface area contributed by atoms with Crippen LogP contribution in [-0.4, -0.2) is 18.0 Å². The van der Waals surface area contributed by atoms with Gasteiger partial charge in [-0.05, 0) is 31.1 Å². The number of amides is 1. The quantitative estimate of drug-likeness (QED) is 0.774. The van der Waals surface area contributed by atoms with Crippen molar-refractivity contribution >= 4 is 18.3 Å². The molecule has 4 atom stereocenters. The fourth-order valence-electron chi connectivity index (χ4n) is 2.42. The van der Waals surface area contributed by atoms with Gasteiger partial charge in [-0.25, -0.2) is 0 Å². The zero-order valence-corrected chi connectivity index (χ0v) is 10.1. The van der Waals surface area contributed by atoms with Crippen LogP contribution in [0.4, 0.5) is 0 Å². The van der Waals surface area contributed by atoms with Gasteiger partial charge in [-0.3, -0.25) is 4.79 Å². The van der Waals surface area contributed by atoms with Gasteiger partial charge in [0.25, 0.3) is 0 Å². The number of rotatable bonds is 3. The first-order valence-corrected chi connectivity index (χ1v) is 5.70. The van der Waals surface area contributed by atoms with E-state index in [9.17, 15) is 4.79 Å². The summed E-state index contributed by atoms with van der Waals surface area (Å²) in [6.07, 6.45) is 5.43. The third kappa shape index (κ3) is 3.65. The number of hydrogen-bond donors (Lipinski definition) is 2. The average molecular weight is 233 g/mol. The molecule has 4 unspecified atom stereocenters. The molecule has 0 aromatic rings. The van der Waals surface area contributed by atoms with Crippen LogP contribution in [0.2, 0.25) is 0 Å². The van der Waals surface area contributed by atoms with Crippen LogP contribution in [-0.2, 0) is 4.79 Å². The lowest BCUT2D eigenvalue weighted by molar-refractivity contribution is -0.122. The third-order valence-electron chi connectivity index (χ3n) is 3.46. The summed E-state index contributed by atoms with van der Waals surface area (Å²) >= 11 is 0. The molecule has 1 amide bonds. The number of hydrogen-bond acceptors (Lipinski definition) is 2. The van der Waals surface area contributed by atoms with Gasteiger partial charge in [-0.15, -0.1) is 12.4 Å². The van der Waals surface area contributed by atoms with Gasteiger partial charge < -0.3 is 11.1 Å². The molecule has 2 fully saturated rings. The fraction of sp³-hybridized carbons (Fsp3) is 0.909. The lowest BCUT2D eigenvalue weighted by Crippen LogP contribution is -2.30. The van der Waals surface area contributed by atoms with E-state index in [0.717, 1.165) is 12.3 Å². The maximum absolute atomic E-state index is 11.5. The molecule has 2 aliphatic carbocycles. The number of nitrogens with one attached hydrogen (secondary N) is 1. The summed E-state index contributed by atoms with van der Waals surface area (Å²) in [5, 5.41) is 2.98. The molecular weight excluding hydrogens is 212 g/mol. The maximum atomic E-state index is 11.5. The number of nitrogens with two attached hydrogens (primary N) is 1. The SMILES string of the molecule is CC1CCC(CC(=O)NC2CC2N)C1.Cl. The van der Waals surface area contributed by atoms with E-state index in [2.05, 4.69) is 12.2 Å². The van der Waals surface area contributed by atoms with Crippen molar-refractivity contribution in [2.75, 3.05) is 0 Å². The largest absolute Gasteiger partial charge is 0.352 e. The van der Waals surface area contributed by atoms with Crippen molar-refractivity contribution < 1.29 is 4.79 Å². The molecule has 0 saturated heterocycles. The maximum Gasteiger partial charge on any atom is 0.220 e. The molecule has 88 valence electrons. The summed E-state index contributed by atoms with van der Waals surface area (Å²) < 4.78 is 0. The molecule has 0 spiro atoms. The van der Waals surface area contributed by atoms with Gasteiger partial charge in [0.15, 0.2) is 0 Å². The Hall–Kier alpha value is -0.280. The number of halogens is 1. The molecule has 4 heteroatoms. The lowest BCUT2D eigenvalue weighted by atomic mass is 10.0. The van der Waals surface area contributed by atoms with Crippen LogP contribution in [0.1, 0.15) is 39.0 Å². The summed E-state index contributed by atoms with van der Waals surface area (Å²) in [4.78, 5) is 11.5. The summed E-state index contributed by atoms with van der Waals surface area (Å²) in [6.45, 7) is 2.27. The van der Waals surface area contributed by atoms with Crippen LogP contribution in [0.5, 0.6) is 0 Å². The van der Waals surface area contributed by atoms with Crippen molar-refractivity contribution in [2.45, 2.75) is 51.1 Å². The monoisotopic (exact) mass is 232 g/mol. The molecule has 2 rings (SSSR count). The summed E-state index contributed by atoms with van der Waals surface area (Å²) in [5.41, 5.74) is 5.63. The van der Waals surface area contributed by atoms with E-state index in [1.165, 1.54) is 19.3 Å². The van der Waals surface area contributed by atoms with Crippen LogP contribution < -0.4 is 11.1 Å². The highest BCUT2D eigenvalue weighted by Gasteiger charge is 2.35. The van der Waals surface area contributed by atoms with Gasteiger partial charge in [0, 0.05) is 18.5 Å². The molecule has 0 aromatic heterocycles. The Morgan fingerprint density at radius 3 is 2.53 bits per heavy atom. The summed E-state index contributed by atoms with van der Waals surface area (Å²) in [5.74, 6) is 1.65. The van der Waals surface area contributed by atoms with E-state index in [4.69, 9.17) is 5.73 Å². The first-order valence-electron chi connectivity index (χ1n) is 5.70. The van der Waals surface area contributed by atoms with Gasteiger partial charge in [0.2, 0.25) is 5.91 Å². The summed E-state index contributed by atoms with van der Waals surface area (Å²) in [6, 6.07) is 0.503. The highest BCUT2D eigenvalue weighted by molar-refractivity contribution is 5.85. The van der Waals surface area contributed by atoms with Gasteiger partial charge in [0.1, 0.15) is 0 Å². The predicted molar refractivity (Wildman–Crippen MR) is 62.9 cm³/mol. The molecule has 0 radical (unpaired) electrons. The van der Waals surface area contributed by atoms with E-state index in [-0.39, 0.29) is 30.4 Å². The van der Waals surface area contributed by atoms with Gasteiger partial charge in [-0.1, -0.05) is 13.3 Å². The standard InChI is InChI=1S/C11H20N2O.ClH/c1-7-2-3-8(4-7)5-11(14)13-10-6-9(10)12;/h7-10H,2-6,12H2,1H3,(H,13,14);1H. The molecule has 15 heavy (non-hydrogen) atoms. The van der Waals surface area contributed by atoms with E-state index < -0.39 is 0 Å². The molecular formula is C11H21ClN2O. The molecule has 2 saturated carbocycles. The van der Waals surface area contributed by atoms with Crippen LogP contribution in [0.3, 0.4) is 0 Å². The van der Waals surface area contributed by atoms with Crippen LogP contribution in [0.25, 0.3) is 0 Å². The Kier molecular flexibility index (Phi) is 4.41. The number of carbonyl (C=O) groups is 1. The molecule has 3 N–H and O–H groups in total. The van der Waals surface area contributed by atoms with Gasteiger partial charge in [-0.2, -0.15) is 0 Å². The van der Waals surface area contributed by atoms with Crippen LogP contribution in [0.15, 0.2) is 0 Å².